The lowest BCUT2D eigenvalue weighted by atomic mass is 10.1. The van der Waals surface area contributed by atoms with E-state index in [-0.39, 0.29) is 25.7 Å². The molecule has 0 aliphatic carbocycles. The molecule has 0 bridgehead atoms. The maximum Gasteiger partial charge on any atom is 0.472 e. The highest BCUT2D eigenvalue weighted by atomic mass is 31.2. The molecule has 102 heavy (non-hydrogen) atoms. The molecule has 582 valence electrons. The van der Waals surface area contributed by atoms with Gasteiger partial charge in [-0.3, -0.25) is 37.3 Å². The van der Waals surface area contributed by atoms with E-state index in [0.717, 1.165) is 154 Å². The molecule has 0 aromatic heterocycles. The smallest absolute Gasteiger partial charge is 0.462 e. The van der Waals surface area contributed by atoms with Crippen LogP contribution in [0.2, 0.25) is 0 Å². The van der Waals surface area contributed by atoms with E-state index in [1.165, 1.54) is 57.8 Å². The van der Waals surface area contributed by atoms with Gasteiger partial charge in [-0.15, -0.1) is 0 Å². The lowest BCUT2D eigenvalue weighted by molar-refractivity contribution is -0.161. The topological polar surface area (TPSA) is 237 Å². The molecular weight excluding hydrogens is 1330 g/mol. The van der Waals surface area contributed by atoms with Crippen LogP contribution in [-0.4, -0.2) is 96.7 Å². The van der Waals surface area contributed by atoms with Crippen molar-refractivity contribution in [3.8, 4) is 0 Å². The standard InChI is InChI=1S/C83H138O17P2/c1-5-9-13-17-21-25-29-33-37-38-42-44-48-52-56-60-64-68-81(86)94-74-79(100-83(88)70-66-62-58-54-50-46-41-36-32-28-24-20-16-12-8-4)76-98-102(91,92)96-72-77(84)71-95-101(89,90)97-75-78(99-82(87)69-65-61-57-53-49-45-40-35-31-27-23-19-15-11-7-3)73-93-80(85)67-63-59-55-51-47-43-39-34-30-26-22-18-14-10-6-2/h9-10,13-14,21-23,25-27,33-37,39-42,44,47,51-52,56,77-79,84H,5-8,11-12,15-20,24,28-32,38,43,45-46,48-50,53-55,57-76H2,1-4H3,(H,89,90)(H,91,92)/b13-9-,14-10-,25-21-,26-22-,27-23-,37-33-,39-34-,40-35-,41-36-,44-42-,51-47-,56-52-. The average molecular weight is 1470 g/mol. The Balaban J connectivity index is 5.47. The van der Waals surface area contributed by atoms with Gasteiger partial charge in [-0.05, 0) is 161 Å². The highest BCUT2D eigenvalue weighted by Crippen LogP contribution is 2.45. The number of hydrogen-bond acceptors (Lipinski definition) is 15. The van der Waals surface area contributed by atoms with Crippen LogP contribution in [0.1, 0.15) is 297 Å². The summed E-state index contributed by atoms with van der Waals surface area (Å²) in [5, 5.41) is 10.6. The zero-order valence-corrected chi connectivity index (χ0v) is 65.3. The second kappa shape index (κ2) is 74.2. The quantitative estimate of drug-likeness (QED) is 0.0169. The Morgan fingerprint density at radius 3 is 0.873 bits per heavy atom. The van der Waals surface area contributed by atoms with E-state index in [1.807, 2.05) is 12.2 Å². The highest BCUT2D eigenvalue weighted by molar-refractivity contribution is 7.47. The minimum atomic E-state index is -5.00. The minimum Gasteiger partial charge on any atom is -0.462 e. The van der Waals surface area contributed by atoms with Crippen LogP contribution in [0.5, 0.6) is 0 Å². The zero-order valence-electron chi connectivity index (χ0n) is 63.5. The van der Waals surface area contributed by atoms with Gasteiger partial charge in [0.2, 0.25) is 0 Å². The van der Waals surface area contributed by atoms with Crippen LogP contribution < -0.4 is 0 Å². The third-order valence-electron chi connectivity index (χ3n) is 15.8. The summed E-state index contributed by atoms with van der Waals surface area (Å²) in [4.78, 5) is 72.9. The van der Waals surface area contributed by atoms with Crippen molar-refractivity contribution in [2.24, 2.45) is 0 Å². The van der Waals surface area contributed by atoms with Crippen molar-refractivity contribution in [2.45, 2.75) is 316 Å². The molecule has 0 saturated carbocycles. The third-order valence-corrected chi connectivity index (χ3v) is 17.7. The summed E-state index contributed by atoms with van der Waals surface area (Å²) in [6.07, 6.45) is 84.1. The fraction of sp³-hybridized carbons (Fsp3) is 0.663. The Hall–Kier alpha value is -5.06. The SMILES string of the molecule is CC/C=C\C/C=C\C/C=C\C/C=C\C/C=C\CCCC(=O)OCC(COP(=O)(O)OCC(O)COP(=O)(O)OCC(COC(=O)CCCC/C=C\C/C=C\C/C=C\C/C=C\CC)OC(=O)CCCCCCC/C=C\C/C=C\CCCCC)OC(=O)CCCCCCC/C=C\CCCCCCCC. The first kappa shape index (κ1) is 96.9. The molecule has 0 fully saturated rings. The molecule has 0 rings (SSSR count). The first-order valence-corrected chi connectivity index (χ1v) is 42.1. The zero-order chi connectivity index (χ0) is 74.6. The molecule has 5 unspecified atom stereocenters. The molecule has 0 amide bonds. The third kappa shape index (κ3) is 73.3. The molecule has 0 saturated heterocycles. The molecule has 0 heterocycles. The summed E-state index contributed by atoms with van der Waals surface area (Å²) in [5.74, 6) is -2.32. The van der Waals surface area contributed by atoms with Gasteiger partial charge < -0.3 is 33.8 Å². The molecule has 17 nitrogen and oxygen atoms in total. The molecule has 5 atom stereocenters. The first-order valence-electron chi connectivity index (χ1n) is 39.1. The van der Waals surface area contributed by atoms with Crippen LogP contribution in [0, 0.1) is 0 Å². The van der Waals surface area contributed by atoms with Crippen molar-refractivity contribution in [3.05, 3.63) is 146 Å². The van der Waals surface area contributed by atoms with Gasteiger partial charge in [0.15, 0.2) is 12.2 Å². The van der Waals surface area contributed by atoms with Gasteiger partial charge in [0.05, 0.1) is 26.4 Å². The summed E-state index contributed by atoms with van der Waals surface area (Å²) in [7, 11) is -10.00. The second-order valence-corrected chi connectivity index (χ2v) is 28.4. The largest absolute Gasteiger partial charge is 0.472 e. The van der Waals surface area contributed by atoms with Crippen molar-refractivity contribution in [1.29, 1.82) is 0 Å². The maximum atomic E-state index is 13.1. The molecule has 19 heteroatoms. The lowest BCUT2D eigenvalue weighted by Crippen LogP contribution is -2.30. The molecule has 0 aliphatic heterocycles. The average Bonchev–Trinajstić information content (AvgIpc) is 0.923. The van der Waals surface area contributed by atoms with Crippen molar-refractivity contribution >= 4 is 39.5 Å². The van der Waals surface area contributed by atoms with Gasteiger partial charge >= 0.3 is 39.5 Å². The van der Waals surface area contributed by atoms with Gasteiger partial charge in [0.25, 0.3) is 0 Å². The molecule has 0 aromatic carbocycles. The lowest BCUT2D eigenvalue weighted by Gasteiger charge is -2.21. The van der Waals surface area contributed by atoms with Gasteiger partial charge in [-0.1, -0.05) is 257 Å². The van der Waals surface area contributed by atoms with Crippen LogP contribution in [0.3, 0.4) is 0 Å². The van der Waals surface area contributed by atoms with Crippen LogP contribution in [0.15, 0.2) is 146 Å². The molecular formula is C83H138O17P2. The Labute approximate surface area is 617 Å². The molecule has 0 aromatic rings. The summed E-state index contributed by atoms with van der Waals surface area (Å²) >= 11 is 0. The van der Waals surface area contributed by atoms with Crippen LogP contribution in [0.4, 0.5) is 0 Å². The van der Waals surface area contributed by atoms with Gasteiger partial charge in [0.1, 0.15) is 19.3 Å². The normalized spacial score (nSPS) is 14.7. The number of hydrogen-bond donors (Lipinski definition) is 3. The fourth-order valence-electron chi connectivity index (χ4n) is 9.86. The monoisotopic (exact) mass is 1470 g/mol. The number of ether oxygens (including phenoxy) is 4. The van der Waals surface area contributed by atoms with Gasteiger partial charge in [0, 0.05) is 25.7 Å². The summed E-state index contributed by atoms with van der Waals surface area (Å²) in [6, 6.07) is 0. The number of unbranched alkanes of at least 4 members (excludes halogenated alkanes) is 22. The molecule has 0 radical (unpaired) electrons. The fourth-order valence-corrected chi connectivity index (χ4v) is 11.4. The summed E-state index contributed by atoms with van der Waals surface area (Å²) < 4.78 is 68.4. The predicted octanol–water partition coefficient (Wildman–Crippen LogP) is 22.7. The molecule has 3 N–H and O–H groups in total. The number of phosphoric ester groups is 2. The van der Waals surface area contributed by atoms with Crippen molar-refractivity contribution in [1.82, 2.24) is 0 Å². The van der Waals surface area contributed by atoms with E-state index in [1.54, 1.807) is 0 Å². The first-order chi connectivity index (χ1) is 49.7. The summed E-state index contributed by atoms with van der Waals surface area (Å²) in [5.41, 5.74) is 0. The number of esters is 4. The number of aliphatic hydroxyl groups excluding tert-OH is 1. The number of carbonyl (C=O) groups is 4. The van der Waals surface area contributed by atoms with Crippen molar-refractivity contribution < 1.29 is 80.2 Å². The Morgan fingerprint density at radius 1 is 0.284 bits per heavy atom. The Bertz CT molecular complexity index is 2510. The van der Waals surface area contributed by atoms with Gasteiger partial charge in [-0.2, -0.15) is 0 Å². The Kier molecular flexibility index (Phi) is 70.5. The number of rotatable bonds is 72. The van der Waals surface area contributed by atoms with E-state index in [2.05, 4.69) is 161 Å². The van der Waals surface area contributed by atoms with Crippen molar-refractivity contribution in [2.75, 3.05) is 39.6 Å². The number of carbonyl (C=O) groups excluding carboxylic acids is 4. The van der Waals surface area contributed by atoms with Gasteiger partial charge in [-0.25, -0.2) is 9.13 Å². The maximum absolute atomic E-state index is 13.1. The van der Waals surface area contributed by atoms with E-state index in [0.29, 0.717) is 32.1 Å². The van der Waals surface area contributed by atoms with Crippen LogP contribution in [-0.2, 0) is 65.4 Å². The van der Waals surface area contributed by atoms with E-state index < -0.39 is 97.5 Å². The highest BCUT2D eigenvalue weighted by Gasteiger charge is 2.30. The van der Waals surface area contributed by atoms with Crippen LogP contribution >= 0.6 is 15.6 Å². The number of phosphoric acid groups is 2. The van der Waals surface area contributed by atoms with E-state index in [9.17, 15) is 43.2 Å². The predicted molar refractivity (Wildman–Crippen MR) is 417 cm³/mol. The molecule has 0 aliphatic rings. The Morgan fingerprint density at radius 2 is 0.520 bits per heavy atom. The second-order valence-electron chi connectivity index (χ2n) is 25.5. The van der Waals surface area contributed by atoms with E-state index in [4.69, 9.17) is 37.0 Å². The van der Waals surface area contributed by atoms with Crippen LogP contribution in [0.25, 0.3) is 0 Å². The number of aliphatic hydroxyl groups is 1. The van der Waals surface area contributed by atoms with Crippen molar-refractivity contribution in [3.63, 3.8) is 0 Å². The molecule has 0 spiro atoms. The summed E-state index contributed by atoms with van der Waals surface area (Å²) in [6.45, 7) is 4.47. The number of allylic oxidation sites excluding steroid dienone is 24. The van der Waals surface area contributed by atoms with E-state index >= 15 is 0 Å². The minimum absolute atomic E-state index is 0.0645.